The molecule has 0 radical (unpaired) electrons. The van der Waals surface area contributed by atoms with Gasteiger partial charge in [-0.25, -0.2) is 0 Å². The Morgan fingerprint density at radius 3 is 2.16 bits per heavy atom. The van der Waals surface area contributed by atoms with Crippen LogP contribution < -0.4 is 0 Å². The molecule has 1 atom stereocenters. The Labute approximate surface area is 144 Å². The van der Waals surface area contributed by atoms with Gasteiger partial charge in [0.2, 0.25) is 0 Å². The van der Waals surface area contributed by atoms with E-state index in [1.54, 1.807) is 6.07 Å². The number of hydrogen-bond acceptors (Lipinski definition) is 0. The summed E-state index contributed by atoms with van der Waals surface area (Å²) in [6, 6.07) is 22.2. The van der Waals surface area contributed by atoms with Crippen LogP contribution in [0.1, 0.15) is 34.6 Å². The topological polar surface area (TPSA) is 0 Å². The Hall–Kier alpha value is -2.55. The second-order valence-electron chi connectivity index (χ2n) is 6.46. The third kappa shape index (κ3) is 2.95. The maximum Gasteiger partial charge on any atom is 0.416 e. The normalized spacial score (nSPS) is 15.7. The molecule has 0 aromatic heterocycles. The van der Waals surface area contributed by atoms with Gasteiger partial charge in [0, 0.05) is 5.92 Å². The molecule has 1 aliphatic rings. The average Bonchev–Trinajstić information content (AvgIpc) is 2.93. The third-order valence-electron chi connectivity index (χ3n) is 4.95. The first-order valence-corrected chi connectivity index (χ1v) is 8.38. The van der Waals surface area contributed by atoms with Crippen LogP contribution in [0.2, 0.25) is 0 Å². The van der Waals surface area contributed by atoms with Gasteiger partial charge in [0.25, 0.3) is 0 Å². The van der Waals surface area contributed by atoms with E-state index in [-0.39, 0.29) is 5.92 Å². The minimum Gasteiger partial charge on any atom is -0.166 e. The fraction of sp³-hybridized carbons (Fsp3) is 0.182. The highest BCUT2D eigenvalue weighted by Crippen LogP contribution is 2.48. The van der Waals surface area contributed by atoms with Crippen molar-refractivity contribution in [3.05, 3.63) is 95.1 Å². The maximum absolute atomic E-state index is 13.2. The van der Waals surface area contributed by atoms with Gasteiger partial charge in [-0.15, -0.1) is 0 Å². The Kier molecular flexibility index (Phi) is 3.87. The monoisotopic (exact) mass is 338 g/mol. The number of hydrogen-bond donors (Lipinski definition) is 0. The molecule has 1 aliphatic carbocycles. The number of rotatable bonds is 3. The second kappa shape index (κ2) is 6.07. The molecule has 3 heteroatoms. The van der Waals surface area contributed by atoms with Crippen molar-refractivity contribution in [2.75, 3.05) is 0 Å². The summed E-state index contributed by atoms with van der Waals surface area (Å²) in [5, 5.41) is 0. The van der Waals surface area contributed by atoms with Gasteiger partial charge in [0.1, 0.15) is 0 Å². The third-order valence-corrected chi connectivity index (χ3v) is 4.95. The molecule has 0 fully saturated rings. The van der Waals surface area contributed by atoms with Crippen molar-refractivity contribution in [1.82, 2.24) is 0 Å². The summed E-state index contributed by atoms with van der Waals surface area (Å²) in [5.41, 5.74) is 4.56. The zero-order chi connectivity index (χ0) is 17.4. The van der Waals surface area contributed by atoms with Crippen molar-refractivity contribution in [1.29, 1.82) is 0 Å². The van der Waals surface area contributed by atoms with Crippen LogP contribution >= 0.6 is 0 Å². The molecule has 1 unspecified atom stereocenters. The average molecular weight is 338 g/mol. The van der Waals surface area contributed by atoms with Gasteiger partial charge in [-0.2, -0.15) is 13.2 Å². The van der Waals surface area contributed by atoms with Crippen molar-refractivity contribution in [2.45, 2.75) is 24.9 Å². The van der Waals surface area contributed by atoms with Crippen LogP contribution in [-0.4, -0.2) is 0 Å². The lowest BCUT2D eigenvalue weighted by Crippen LogP contribution is -2.06. The van der Waals surface area contributed by atoms with Crippen molar-refractivity contribution < 1.29 is 13.2 Å². The zero-order valence-electron chi connectivity index (χ0n) is 13.6. The zero-order valence-corrected chi connectivity index (χ0v) is 13.6. The van der Waals surface area contributed by atoms with E-state index < -0.39 is 11.7 Å². The molecule has 0 saturated carbocycles. The number of halogens is 3. The van der Waals surface area contributed by atoms with Crippen LogP contribution in [0.15, 0.2) is 72.8 Å². The lowest BCUT2D eigenvalue weighted by atomic mass is 9.90. The summed E-state index contributed by atoms with van der Waals surface area (Å²) in [5.74, 6) is 0.00806. The predicted molar refractivity (Wildman–Crippen MR) is 93.5 cm³/mol. The van der Waals surface area contributed by atoms with Crippen molar-refractivity contribution in [3.8, 4) is 11.1 Å². The molecule has 126 valence electrons. The van der Waals surface area contributed by atoms with E-state index in [1.165, 1.54) is 17.7 Å². The fourth-order valence-electron chi connectivity index (χ4n) is 3.75. The highest BCUT2D eigenvalue weighted by atomic mass is 19.4. The number of alkyl halides is 3. The van der Waals surface area contributed by atoms with Gasteiger partial charge in [0.15, 0.2) is 0 Å². The Morgan fingerprint density at radius 1 is 0.720 bits per heavy atom. The van der Waals surface area contributed by atoms with E-state index in [1.807, 2.05) is 42.5 Å². The molecule has 0 spiro atoms. The van der Waals surface area contributed by atoms with Gasteiger partial charge < -0.3 is 0 Å². The van der Waals surface area contributed by atoms with Gasteiger partial charge in [-0.3, -0.25) is 0 Å². The highest BCUT2D eigenvalue weighted by Gasteiger charge is 2.34. The molecular weight excluding hydrogens is 321 g/mol. The molecule has 3 aromatic carbocycles. The fourth-order valence-corrected chi connectivity index (χ4v) is 3.75. The van der Waals surface area contributed by atoms with Gasteiger partial charge >= 0.3 is 6.18 Å². The van der Waals surface area contributed by atoms with Gasteiger partial charge in [-0.1, -0.05) is 60.7 Å². The predicted octanol–water partition coefficient (Wildman–Crippen LogP) is 6.45. The summed E-state index contributed by atoms with van der Waals surface area (Å²) in [6.45, 7) is 0. The van der Waals surface area contributed by atoms with E-state index in [9.17, 15) is 13.2 Å². The summed E-state index contributed by atoms with van der Waals surface area (Å²) in [7, 11) is 0. The highest BCUT2D eigenvalue weighted by molar-refractivity contribution is 5.79. The molecular formula is C22H17F3. The summed E-state index contributed by atoms with van der Waals surface area (Å²) < 4.78 is 39.5. The molecule has 0 bridgehead atoms. The summed E-state index contributed by atoms with van der Waals surface area (Å²) >= 11 is 0. The molecule has 0 amide bonds. The smallest absolute Gasteiger partial charge is 0.166 e. The van der Waals surface area contributed by atoms with Crippen molar-refractivity contribution in [3.63, 3.8) is 0 Å². The SMILES string of the molecule is FC(F)(F)c1ccc2c(c1)C(CCc1ccccc1)c1ccccc1-2. The number of benzene rings is 3. The van der Waals surface area contributed by atoms with E-state index >= 15 is 0 Å². The lowest BCUT2D eigenvalue weighted by Gasteiger charge is -2.15. The largest absolute Gasteiger partial charge is 0.416 e. The molecule has 0 aliphatic heterocycles. The summed E-state index contributed by atoms with van der Waals surface area (Å²) in [4.78, 5) is 0. The molecule has 4 rings (SSSR count). The molecule has 25 heavy (non-hydrogen) atoms. The van der Waals surface area contributed by atoms with Gasteiger partial charge in [0.05, 0.1) is 5.56 Å². The molecule has 0 saturated heterocycles. The first-order valence-electron chi connectivity index (χ1n) is 8.38. The molecule has 0 nitrogen and oxygen atoms in total. The van der Waals surface area contributed by atoms with Crippen LogP contribution in [0, 0.1) is 0 Å². The van der Waals surface area contributed by atoms with E-state index in [4.69, 9.17) is 0 Å². The van der Waals surface area contributed by atoms with Gasteiger partial charge in [-0.05, 0) is 52.8 Å². The van der Waals surface area contributed by atoms with Crippen LogP contribution in [0.25, 0.3) is 11.1 Å². The van der Waals surface area contributed by atoms with E-state index in [0.29, 0.717) is 0 Å². The Morgan fingerprint density at radius 2 is 1.40 bits per heavy atom. The number of aryl methyl sites for hydroxylation is 1. The van der Waals surface area contributed by atoms with Crippen LogP contribution in [0.3, 0.4) is 0 Å². The molecule has 0 N–H and O–H groups in total. The molecule has 3 aromatic rings. The minimum absolute atomic E-state index is 0.00806. The Balaban J connectivity index is 1.73. The quantitative estimate of drug-likeness (QED) is 0.515. The second-order valence-corrected chi connectivity index (χ2v) is 6.46. The van der Waals surface area contributed by atoms with Crippen LogP contribution in [0.4, 0.5) is 13.2 Å². The lowest BCUT2D eigenvalue weighted by molar-refractivity contribution is -0.137. The first kappa shape index (κ1) is 15.9. The van der Waals surface area contributed by atoms with Crippen molar-refractivity contribution >= 4 is 0 Å². The van der Waals surface area contributed by atoms with Crippen molar-refractivity contribution in [2.24, 2.45) is 0 Å². The van der Waals surface area contributed by atoms with E-state index in [2.05, 4.69) is 12.1 Å². The standard InChI is InChI=1S/C22H17F3/c23-22(24,25)16-11-13-20-18-9-5-4-8-17(18)19(21(20)14-16)12-10-15-6-2-1-3-7-15/h1-9,11,13-14,19H,10,12H2. The maximum atomic E-state index is 13.2. The Bertz CT molecular complexity index is 895. The van der Waals surface area contributed by atoms with E-state index in [0.717, 1.165) is 35.1 Å². The number of fused-ring (bicyclic) bond motifs is 3. The van der Waals surface area contributed by atoms with Crippen LogP contribution in [0.5, 0.6) is 0 Å². The minimum atomic E-state index is -4.31. The first-order chi connectivity index (χ1) is 12.0. The van der Waals surface area contributed by atoms with Crippen LogP contribution in [-0.2, 0) is 12.6 Å². The molecule has 0 heterocycles. The summed E-state index contributed by atoms with van der Waals surface area (Å²) in [6.07, 6.45) is -2.67.